The van der Waals surface area contributed by atoms with Gasteiger partial charge in [0.05, 0.1) is 30.1 Å². The summed E-state index contributed by atoms with van der Waals surface area (Å²) in [7, 11) is 0. The van der Waals surface area contributed by atoms with Crippen molar-refractivity contribution in [1.29, 1.82) is 0 Å². The van der Waals surface area contributed by atoms with E-state index in [2.05, 4.69) is 10.3 Å². The summed E-state index contributed by atoms with van der Waals surface area (Å²) >= 11 is 2.25. The zero-order valence-corrected chi connectivity index (χ0v) is 14.9. The van der Waals surface area contributed by atoms with E-state index in [1.54, 1.807) is 11.4 Å². The average Bonchev–Trinajstić information content (AvgIpc) is 3.07. The van der Waals surface area contributed by atoms with Crippen molar-refractivity contribution in [1.82, 2.24) is 9.55 Å². The number of benzene rings is 1. The number of hydrogen-bond acceptors (Lipinski definition) is 6. The Hall–Kier alpha value is -2.30. The van der Waals surface area contributed by atoms with Gasteiger partial charge in [0.1, 0.15) is 16.3 Å². The van der Waals surface area contributed by atoms with Crippen molar-refractivity contribution in [2.75, 3.05) is 17.7 Å². The molecule has 0 radical (unpaired) electrons. The fourth-order valence-corrected chi connectivity index (χ4v) is 3.84. The Balaban J connectivity index is 1.77. The van der Waals surface area contributed by atoms with Gasteiger partial charge in [-0.15, -0.1) is 11.3 Å². The number of rotatable bonds is 6. The molecule has 26 heavy (non-hydrogen) atoms. The van der Waals surface area contributed by atoms with Crippen molar-refractivity contribution in [2.24, 2.45) is 0 Å². The molecule has 6 nitrogen and oxygen atoms in total. The molecule has 0 saturated heterocycles. The molecule has 0 aliphatic carbocycles. The summed E-state index contributed by atoms with van der Waals surface area (Å²) in [6.07, 6.45) is 0. The van der Waals surface area contributed by atoms with Gasteiger partial charge < -0.3 is 10.4 Å². The molecule has 10 heteroatoms. The lowest BCUT2D eigenvalue weighted by Gasteiger charge is -2.11. The summed E-state index contributed by atoms with van der Waals surface area (Å²) in [6, 6.07) is 4.54. The zero-order valence-electron chi connectivity index (χ0n) is 13.2. The number of aliphatic hydroxyl groups excluding tert-OH is 1. The smallest absolute Gasteiger partial charge is 0.272 e. The fourth-order valence-electron chi connectivity index (χ4n) is 2.24. The van der Waals surface area contributed by atoms with Crippen LogP contribution < -0.4 is 10.9 Å². The van der Waals surface area contributed by atoms with Crippen molar-refractivity contribution in [2.45, 2.75) is 11.7 Å². The molecular weight excluding hydrogens is 384 g/mol. The Labute approximate surface area is 154 Å². The van der Waals surface area contributed by atoms with Crippen LogP contribution in [0.5, 0.6) is 0 Å². The SMILES string of the molecule is O=C(CSc1nc2ccsc2c(=O)n1CCO)Nc1ccc(F)cc1F. The molecule has 2 heterocycles. The molecule has 0 saturated carbocycles. The van der Waals surface area contributed by atoms with Gasteiger partial charge in [-0.1, -0.05) is 11.8 Å². The number of hydrogen-bond donors (Lipinski definition) is 2. The standard InChI is InChI=1S/C16H13F2N3O3S2/c17-9-1-2-11(10(18)7-9)19-13(23)8-26-16-20-12-3-6-25-14(12)15(24)21(16)4-5-22/h1-3,6-7,22H,4-5,8H2,(H,19,23). The number of thioether (sulfide) groups is 1. The molecule has 1 amide bonds. The van der Waals surface area contributed by atoms with E-state index < -0.39 is 17.5 Å². The quantitative estimate of drug-likeness (QED) is 0.493. The van der Waals surface area contributed by atoms with E-state index in [1.165, 1.54) is 15.9 Å². The van der Waals surface area contributed by atoms with Gasteiger partial charge in [0.25, 0.3) is 5.56 Å². The van der Waals surface area contributed by atoms with E-state index in [0.717, 1.165) is 23.9 Å². The molecule has 0 aliphatic heterocycles. The highest BCUT2D eigenvalue weighted by Crippen LogP contribution is 2.21. The van der Waals surface area contributed by atoms with E-state index in [9.17, 15) is 23.5 Å². The molecule has 0 fully saturated rings. The van der Waals surface area contributed by atoms with E-state index in [-0.39, 0.29) is 35.3 Å². The molecule has 0 spiro atoms. The maximum atomic E-state index is 13.6. The van der Waals surface area contributed by atoms with Crippen LogP contribution in [0.4, 0.5) is 14.5 Å². The lowest BCUT2D eigenvalue weighted by atomic mass is 10.3. The summed E-state index contributed by atoms with van der Waals surface area (Å²) in [4.78, 5) is 28.8. The van der Waals surface area contributed by atoms with Gasteiger partial charge >= 0.3 is 0 Å². The lowest BCUT2D eigenvalue weighted by Crippen LogP contribution is -2.25. The first-order valence-electron chi connectivity index (χ1n) is 7.46. The molecule has 136 valence electrons. The number of nitrogens with one attached hydrogen (secondary N) is 1. The number of carbonyl (C=O) groups excluding carboxylic acids is 1. The molecular formula is C16H13F2N3O3S2. The van der Waals surface area contributed by atoms with Gasteiger partial charge in [-0.2, -0.15) is 0 Å². The maximum absolute atomic E-state index is 13.6. The summed E-state index contributed by atoms with van der Waals surface area (Å²) < 4.78 is 28.3. The molecule has 0 unspecified atom stereocenters. The maximum Gasteiger partial charge on any atom is 0.272 e. The molecule has 2 N–H and O–H groups in total. The van der Waals surface area contributed by atoms with Crippen LogP contribution in [0.15, 0.2) is 39.6 Å². The van der Waals surface area contributed by atoms with Crippen LogP contribution in [0.25, 0.3) is 10.2 Å². The van der Waals surface area contributed by atoms with Crippen LogP contribution in [-0.4, -0.2) is 32.9 Å². The lowest BCUT2D eigenvalue weighted by molar-refractivity contribution is -0.113. The van der Waals surface area contributed by atoms with Crippen molar-refractivity contribution in [3.8, 4) is 0 Å². The topological polar surface area (TPSA) is 84.2 Å². The monoisotopic (exact) mass is 397 g/mol. The molecule has 0 bridgehead atoms. The van der Waals surface area contributed by atoms with Crippen LogP contribution in [0.2, 0.25) is 0 Å². The summed E-state index contributed by atoms with van der Waals surface area (Å²) in [5, 5.41) is 13.5. The van der Waals surface area contributed by atoms with Crippen LogP contribution >= 0.6 is 23.1 Å². The average molecular weight is 397 g/mol. The minimum atomic E-state index is -0.877. The van der Waals surface area contributed by atoms with Gasteiger partial charge in [0, 0.05) is 6.07 Å². The van der Waals surface area contributed by atoms with Crippen LogP contribution in [0.3, 0.4) is 0 Å². The van der Waals surface area contributed by atoms with Crippen molar-refractivity contribution >= 4 is 44.9 Å². The van der Waals surface area contributed by atoms with Gasteiger partial charge in [-0.25, -0.2) is 13.8 Å². The first-order valence-corrected chi connectivity index (χ1v) is 9.32. The second-order valence-electron chi connectivity index (χ2n) is 5.17. The van der Waals surface area contributed by atoms with Crippen molar-refractivity contribution < 1.29 is 18.7 Å². The third-order valence-electron chi connectivity index (χ3n) is 3.39. The Kier molecular flexibility index (Phi) is 5.64. The van der Waals surface area contributed by atoms with Gasteiger partial charge in [0.15, 0.2) is 5.16 Å². The summed E-state index contributed by atoms with van der Waals surface area (Å²) in [6.45, 7) is -0.199. The number of aromatic nitrogens is 2. The highest BCUT2D eigenvalue weighted by molar-refractivity contribution is 7.99. The molecule has 2 aromatic heterocycles. The predicted molar refractivity (Wildman–Crippen MR) is 96.7 cm³/mol. The summed E-state index contributed by atoms with van der Waals surface area (Å²) in [5.74, 6) is -2.28. The third-order valence-corrected chi connectivity index (χ3v) is 5.26. The first kappa shape index (κ1) is 18.5. The second kappa shape index (κ2) is 7.94. The first-order chi connectivity index (χ1) is 12.5. The third kappa shape index (κ3) is 3.92. The molecule has 3 rings (SSSR count). The van der Waals surface area contributed by atoms with E-state index >= 15 is 0 Å². The Bertz CT molecular complexity index is 1020. The van der Waals surface area contributed by atoms with E-state index in [0.29, 0.717) is 16.3 Å². The minimum absolute atomic E-state index is 0.0518. The normalized spacial score (nSPS) is 11.0. The van der Waals surface area contributed by atoms with Gasteiger partial charge in [-0.3, -0.25) is 14.2 Å². The molecule has 0 aliphatic rings. The van der Waals surface area contributed by atoms with E-state index in [4.69, 9.17) is 0 Å². The number of fused-ring (bicyclic) bond motifs is 1. The Morgan fingerprint density at radius 3 is 2.88 bits per heavy atom. The van der Waals surface area contributed by atoms with E-state index in [1.807, 2.05) is 0 Å². The Morgan fingerprint density at radius 1 is 1.35 bits per heavy atom. The number of aliphatic hydroxyl groups is 1. The molecule has 3 aromatic rings. The van der Waals surface area contributed by atoms with Crippen LogP contribution in [0, 0.1) is 11.6 Å². The Morgan fingerprint density at radius 2 is 2.15 bits per heavy atom. The predicted octanol–water partition coefficient (Wildman–Crippen LogP) is 2.46. The van der Waals surface area contributed by atoms with Crippen molar-refractivity contribution in [3.63, 3.8) is 0 Å². The number of nitrogens with zero attached hydrogens (tertiary/aromatic N) is 2. The zero-order chi connectivity index (χ0) is 18.7. The number of carbonyl (C=O) groups is 1. The number of anilines is 1. The van der Waals surface area contributed by atoms with Gasteiger partial charge in [0.2, 0.25) is 5.91 Å². The van der Waals surface area contributed by atoms with Gasteiger partial charge in [-0.05, 0) is 23.6 Å². The highest BCUT2D eigenvalue weighted by atomic mass is 32.2. The number of thiophene rings is 1. The number of halogens is 2. The largest absolute Gasteiger partial charge is 0.395 e. The second-order valence-corrected chi connectivity index (χ2v) is 7.03. The highest BCUT2D eigenvalue weighted by Gasteiger charge is 2.15. The fraction of sp³-hybridized carbons (Fsp3) is 0.188. The molecule has 0 atom stereocenters. The van der Waals surface area contributed by atoms with Crippen molar-refractivity contribution in [3.05, 3.63) is 51.6 Å². The van der Waals surface area contributed by atoms with Crippen LogP contribution in [-0.2, 0) is 11.3 Å². The number of amides is 1. The van der Waals surface area contributed by atoms with Crippen LogP contribution in [0.1, 0.15) is 0 Å². The summed E-state index contributed by atoms with van der Waals surface area (Å²) in [5.41, 5.74) is 0.0965. The minimum Gasteiger partial charge on any atom is -0.395 e. The molecule has 1 aromatic carbocycles.